The first-order valence-electron chi connectivity index (χ1n) is 5.48. The van der Waals surface area contributed by atoms with Crippen LogP contribution in [0.15, 0.2) is 0 Å². The normalized spacial score (nSPS) is 39.8. The summed E-state index contributed by atoms with van der Waals surface area (Å²) in [4.78, 5) is 13.9. The highest BCUT2D eigenvalue weighted by Crippen LogP contribution is 2.38. The highest BCUT2D eigenvalue weighted by molar-refractivity contribution is 5.85. The second-order valence-corrected chi connectivity index (χ2v) is 4.54. The fourth-order valence-electron chi connectivity index (χ4n) is 3.11. The summed E-state index contributed by atoms with van der Waals surface area (Å²) in [6.07, 6.45) is 5.64. The van der Waals surface area contributed by atoms with Gasteiger partial charge in [0.1, 0.15) is 5.78 Å². The minimum atomic E-state index is 0.273. The molecule has 2 fully saturated rings. The highest BCUT2D eigenvalue weighted by atomic mass is 16.1. The van der Waals surface area contributed by atoms with Crippen LogP contribution in [0.3, 0.4) is 0 Å². The molecule has 0 saturated carbocycles. The Hall–Kier alpha value is -0.370. The minimum absolute atomic E-state index is 0.273. The molecule has 0 aromatic rings. The Kier molecular flexibility index (Phi) is 2.41. The number of piperidine rings is 1. The number of hydrogen-bond donors (Lipinski definition) is 0. The summed E-state index contributed by atoms with van der Waals surface area (Å²) in [6, 6.07) is 0.984. The summed E-state index contributed by atoms with van der Waals surface area (Å²) in [7, 11) is 2.13. The molecule has 2 aliphatic rings. The Morgan fingerprint density at radius 2 is 2.31 bits per heavy atom. The summed E-state index contributed by atoms with van der Waals surface area (Å²) in [6.45, 7) is 2.24. The lowest BCUT2D eigenvalue weighted by atomic mass is 9.93. The first-order valence-corrected chi connectivity index (χ1v) is 5.48. The van der Waals surface area contributed by atoms with E-state index in [1.165, 1.54) is 12.8 Å². The molecule has 0 aliphatic carbocycles. The predicted octanol–water partition coefficient (Wildman–Crippen LogP) is 1.84. The van der Waals surface area contributed by atoms with E-state index in [0.717, 1.165) is 25.2 Å². The molecule has 0 aromatic carbocycles. The Morgan fingerprint density at radius 1 is 1.54 bits per heavy atom. The average molecular weight is 181 g/mol. The quantitative estimate of drug-likeness (QED) is 0.648. The maximum Gasteiger partial charge on any atom is 0.150 e. The van der Waals surface area contributed by atoms with Crippen LogP contribution in [0.4, 0.5) is 0 Å². The molecule has 2 rings (SSSR count). The number of carbonyl (C=O) groups is 1. The maximum atomic E-state index is 11.6. The molecule has 2 heteroatoms. The minimum Gasteiger partial charge on any atom is -0.298 e. The molecule has 0 spiro atoms. The number of Topliss-reactive ketones (excluding diaryl/α,β-unsaturated/α-hetero) is 1. The maximum absolute atomic E-state index is 11.6. The van der Waals surface area contributed by atoms with Gasteiger partial charge in [0.25, 0.3) is 0 Å². The van der Waals surface area contributed by atoms with Gasteiger partial charge in [-0.05, 0) is 32.2 Å². The van der Waals surface area contributed by atoms with Gasteiger partial charge in [0.05, 0.1) is 6.04 Å². The van der Waals surface area contributed by atoms with E-state index in [9.17, 15) is 4.79 Å². The van der Waals surface area contributed by atoms with E-state index < -0.39 is 0 Å². The molecule has 2 bridgehead atoms. The van der Waals surface area contributed by atoms with Gasteiger partial charge in [-0.2, -0.15) is 0 Å². The van der Waals surface area contributed by atoms with Crippen LogP contribution in [0.2, 0.25) is 0 Å². The van der Waals surface area contributed by atoms with Gasteiger partial charge in [-0.25, -0.2) is 0 Å². The van der Waals surface area contributed by atoms with Crippen LogP contribution < -0.4 is 0 Å². The van der Waals surface area contributed by atoms with Crippen LogP contribution in [0.25, 0.3) is 0 Å². The lowest BCUT2D eigenvalue weighted by Gasteiger charge is -2.31. The van der Waals surface area contributed by atoms with E-state index in [-0.39, 0.29) is 6.04 Å². The molecular formula is C11H19NO. The van der Waals surface area contributed by atoms with Gasteiger partial charge in [-0.15, -0.1) is 0 Å². The van der Waals surface area contributed by atoms with Crippen molar-refractivity contribution in [1.29, 1.82) is 0 Å². The van der Waals surface area contributed by atoms with Crippen molar-refractivity contribution < 1.29 is 4.79 Å². The Morgan fingerprint density at radius 3 is 2.92 bits per heavy atom. The van der Waals surface area contributed by atoms with Gasteiger partial charge in [0.2, 0.25) is 0 Å². The van der Waals surface area contributed by atoms with E-state index in [4.69, 9.17) is 0 Å². The van der Waals surface area contributed by atoms with Crippen molar-refractivity contribution in [2.45, 2.75) is 51.1 Å². The van der Waals surface area contributed by atoms with Crippen molar-refractivity contribution in [3.63, 3.8) is 0 Å². The second kappa shape index (κ2) is 3.41. The van der Waals surface area contributed by atoms with Gasteiger partial charge in [-0.1, -0.05) is 13.3 Å². The number of rotatable bonds is 2. The lowest BCUT2D eigenvalue weighted by Crippen LogP contribution is -2.43. The first kappa shape index (κ1) is 9.20. The summed E-state index contributed by atoms with van der Waals surface area (Å²) in [5.41, 5.74) is 0. The summed E-state index contributed by atoms with van der Waals surface area (Å²) in [5, 5.41) is 0. The molecule has 2 heterocycles. The Bertz CT molecular complexity index is 214. The van der Waals surface area contributed by atoms with Crippen LogP contribution in [0.5, 0.6) is 0 Å². The van der Waals surface area contributed by atoms with Gasteiger partial charge in [0.15, 0.2) is 0 Å². The molecule has 0 aromatic heterocycles. The Balaban J connectivity index is 2.09. The van der Waals surface area contributed by atoms with Crippen LogP contribution in [-0.4, -0.2) is 29.8 Å². The molecule has 0 unspecified atom stereocenters. The van der Waals surface area contributed by atoms with Crippen molar-refractivity contribution in [2.24, 2.45) is 5.92 Å². The molecule has 0 amide bonds. The summed E-state index contributed by atoms with van der Waals surface area (Å²) in [5.74, 6) is 1.28. The van der Waals surface area contributed by atoms with Gasteiger partial charge < -0.3 is 0 Å². The number of hydrogen-bond acceptors (Lipinski definition) is 2. The monoisotopic (exact) mass is 181 g/mol. The van der Waals surface area contributed by atoms with E-state index in [0.29, 0.717) is 11.8 Å². The van der Waals surface area contributed by atoms with Crippen LogP contribution in [0, 0.1) is 5.92 Å². The zero-order valence-corrected chi connectivity index (χ0v) is 8.62. The number of likely N-dealkylation sites (N-methyl/N-ethyl adjacent to an activating group) is 1. The summed E-state index contributed by atoms with van der Waals surface area (Å²) < 4.78 is 0. The van der Waals surface area contributed by atoms with Gasteiger partial charge in [-0.3, -0.25) is 9.69 Å². The molecule has 13 heavy (non-hydrogen) atoms. The van der Waals surface area contributed by atoms with Crippen molar-refractivity contribution >= 4 is 5.78 Å². The fourth-order valence-corrected chi connectivity index (χ4v) is 3.11. The molecule has 0 radical (unpaired) electrons. The third-order valence-corrected chi connectivity index (χ3v) is 3.80. The van der Waals surface area contributed by atoms with Crippen molar-refractivity contribution in [1.82, 2.24) is 4.90 Å². The largest absolute Gasteiger partial charge is 0.298 e. The average Bonchev–Trinajstić information content (AvgIpc) is 2.29. The SMILES string of the molecule is CCC[C@H]1C[C@@H]2C(=O)CC[C@H]1N2C. The van der Waals surface area contributed by atoms with E-state index in [1.807, 2.05) is 0 Å². The molecule has 2 saturated heterocycles. The van der Waals surface area contributed by atoms with Crippen molar-refractivity contribution in [3.05, 3.63) is 0 Å². The smallest absolute Gasteiger partial charge is 0.150 e. The number of nitrogens with zero attached hydrogens (tertiary/aromatic N) is 1. The second-order valence-electron chi connectivity index (χ2n) is 4.54. The standard InChI is InChI=1S/C11H19NO/c1-3-4-8-7-10-11(13)6-5-9(8)12(10)2/h8-10H,3-7H2,1-2H3/t8-,9+,10+/m0/s1. The molecule has 2 aliphatic heterocycles. The number of carbonyl (C=O) groups excluding carboxylic acids is 1. The summed E-state index contributed by atoms with van der Waals surface area (Å²) >= 11 is 0. The lowest BCUT2D eigenvalue weighted by molar-refractivity contribution is -0.125. The number of ketones is 1. The van der Waals surface area contributed by atoms with Gasteiger partial charge >= 0.3 is 0 Å². The van der Waals surface area contributed by atoms with Crippen LogP contribution in [-0.2, 0) is 4.79 Å². The van der Waals surface area contributed by atoms with E-state index in [1.54, 1.807) is 0 Å². The van der Waals surface area contributed by atoms with Gasteiger partial charge in [0, 0.05) is 12.5 Å². The predicted molar refractivity (Wildman–Crippen MR) is 52.6 cm³/mol. The van der Waals surface area contributed by atoms with Crippen molar-refractivity contribution in [3.8, 4) is 0 Å². The third-order valence-electron chi connectivity index (χ3n) is 3.80. The van der Waals surface area contributed by atoms with Crippen molar-refractivity contribution in [2.75, 3.05) is 7.05 Å². The molecule has 2 nitrogen and oxygen atoms in total. The first-order chi connectivity index (χ1) is 6.24. The van der Waals surface area contributed by atoms with Crippen LogP contribution in [0.1, 0.15) is 39.0 Å². The molecule has 3 atom stereocenters. The molecular weight excluding hydrogens is 162 g/mol. The topological polar surface area (TPSA) is 20.3 Å². The molecule has 74 valence electrons. The Labute approximate surface area is 80.3 Å². The molecule has 0 N–H and O–H groups in total. The van der Waals surface area contributed by atoms with E-state index in [2.05, 4.69) is 18.9 Å². The highest BCUT2D eigenvalue weighted by Gasteiger charge is 2.44. The third kappa shape index (κ3) is 1.41. The zero-order valence-electron chi connectivity index (χ0n) is 8.62. The van der Waals surface area contributed by atoms with E-state index >= 15 is 0 Å². The zero-order chi connectivity index (χ0) is 9.42. The fraction of sp³-hybridized carbons (Fsp3) is 0.909. The number of fused-ring (bicyclic) bond motifs is 2. The van der Waals surface area contributed by atoms with Crippen LogP contribution >= 0.6 is 0 Å².